The minimum absolute atomic E-state index is 0.120. The molecule has 4 rings (SSSR count). The van der Waals surface area contributed by atoms with Crippen LogP contribution in [0.5, 0.6) is 0 Å². The van der Waals surface area contributed by atoms with Gasteiger partial charge in [0.2, 0.25) is 5.69 Å². The Morgan fingerprint density at radius 2 is 1.93 bits per heavy atom. The van der Waals surface area contributed by atoms with Gasteiger partial charge in [0.05, 0.1) is 12.1 Å². The van der Waals surface area contributed by atoms with Crippen LogP contribution < -0.4 is 4.57 Å². The molecule has 134 valence electrons. The zero-order valence-electron chi connectivity index (χ0n) is 18.0. The number of pyridine rings is 1. The van der Waals surface area contributed by atoms with E-state index < -0.39 is 6.37 Å². The summed E-state index contributed by atoms with van der Waals surface area (Å²) in [4.78, 5) is 3.50. The van der Waals surface area contributed by atoms with E-state index in [4.69, 9.17) is 13.7 Å². The van der Waals surface area contributed by atoms with Crippen molar-refractivity contribution in [2.45, 2.75) is 27.1 Å². The lowest BCUT2D eigenvalue weighted by Crippen LogP contribution is -2.31. The first-order chi connectivity index (χ1) is 13.7. The van der Waals surface area contributed by atoms with E-state index in [0.29, 0.717) is 16.8 Å². The normalized spacial score (nSPS) is 13.0. The highest BCUT2D eigenvalue weighted by atomic mass is 16.3. The van der Waals surface area contributed by atoms with E-state index in [1.165, 1.54) is 0 Å². The monoisotopic (exact) mass is 357 g/mol. The molecule has 2 heterocycles. The molecule has 27 heavy (non-hydrogen) atoms. The molecule has 0 aliphatic heterocycles. The highest BCUT2D eigenvalue weighted by Crippen LogP contribution is 2.38. The van der Waals surface area contributed by atoms with Crippen molar-refractivity contribution >= 4 is 27.6 Å². The highest BCUT2D eigenvalue weighted by molar-refractivity contribution is 6.10. The molecule has 4 aromatic rings. The summed E-state index contributed by atoms with van der Waals surface area (Å²) in [6.07, 6.45) is 0.472. The summed E-state index contributed by atoms with van der Waals surface area (Å²) in [7, 11) is 1.94. The number of benzene rings is 2. The minimum atomic E-state index is -1.40. The molecular formula is C24H23N2O+. The van der Waals surface area contributed by atoms with Crippen molar-refractivity contribution in [2.24, 2.45) is 13.0 Å². The fraction of sp³-hybridized carbons (Fsp3) is 0.250. The Kier molecular flexibility index (Phi) is 3.64. The predicted octanol–water partition coefficient (Wildman–Crippen LogP) is 6.14. The number of aromatic nitrogens is 1. The SMILES string of the molecule is [2H]C([2H])(c1ccc(-c2c(C)ccc3c2oc2cc([N+]#[C-])ccc23)[n+](C)c1)C(C)C. The molecule has 3 nitrogen and oxygen atoms in total. The number of hydrogen-bond donors (Lipinski definition) is 0. The van der Waals surface area contributed by atoms with Gasteiger partial charge in [-0.1, -0.05) is 38.1 Å². The third kappa shape index (κ3) is 2.98. The van der Waals surface area contributed by atoms with Crippen LogP contribution in [-0.2, 0) is 13.4 Å². The van der Waals surface area contributed by atoms with Gasteiger partial charge in [0.15, 0.2) is 11.9 Å². The molecule has 0 aliphatic rings. The quantitative estimate of drug-likeness (QED) is 0.319. The van der Waals surface area contributed by atoms with Crippen molar-refractivity contribution in [3.63, 3.8) is 0 Å². The van der Waals surface area contributed by atoms with Crippen LogP contribution >= 0.6 is 0 Å². The van der Waals surface area contributed by atoms with Gasteiger partial charge in [-0.15, -0.1) is 0 Å². The van der Waals surface area contributed by atoms with E-state index in [2.05, 4.69) is 17.0 Å². The summed E-state index contributed by atoms with van der Waals surface area (Å²) in [6.45, 7) is 13.1. The van der Waals surface area contributed by atoms with Crippen molar-refractivity contribution in [1.29, 1.82) is 0 Å². The predicted molar refractivity (Wildman–Crippen MR) is 110 cm³/mol. The van der Waals surface area contributed by atoms with Gasteiger partial charge in [-0.05, 0) is 36.9 Å². The summed E-state index contributed by atoms with van der Waals surface area (Å²) in [5.74, 6) is -0.120. The summed E-state index contributed by atoms with van der Waals surface area (Å²) in [5, 5.41) is 2.00. The van der Waals surface area contributed by atoms with Crippen LogP contribution in [0.1, 0.15) is 27.7 Å². The highest BCUT2D eigenvalue weighted by Gasteiger charge is 2.21. The molecule has 0 saturated carbocycles. The molecule has 0 bridgehead atoms. The van der Waals surface area contributed by atoms with E-state index >= 15 is 0 Å². The lowest BCUT2D eigenvalue weighted by Gasteiger charge is -2.08. The van der Waals surface area contributed by atoms with Crippen molar-refractivity contribution in [3.8, 4) is 11.3 Å². The second-order valence-electron chi connectivity index (χ2n) is 7.24. The van der Waals surface area contributed by atoms with Crippen molar-refractivity contribution in [3.05, 3.63) is 71.2 Å². The lowest BCUT2D eigenvalue weighted by atomic mass is 9.99. The van der Waals surface area contributed by atoms with Crippen LogP contribution in [0.25, 0.3) is 38.0 Å². The number of rotatable bonds is 3. The molecule has 0 spiro atoms. The van der Waals surface area contributed by atoms with Crippen LogP contribution in [-0.4, -0.2) is 0 Å². The third-order valence-electron chi connectivity index (χ3n) is 4.81. The Morgan fingerprint density at radius 1 is 1.15 bits per heavy atom. The Bertz CT molecular complexity index is 1300. The van der Waals surface area contributed by atoms with E-state index in [-0.39, 0.29) is 5.92 Å². The number of hydrogen-bond acceptors (Lipinski definition) is 1. The fourth-order valence-electron chi connectivity index (χ4n) is 3.60. The average Bonchev–Trinajstić information content (AvgIpc) is 3.05. The zero-order chi connectivity index (χ0) is 20.9. The molecule has 0 unspecified atom stereocenters. The van der Waals surface area contributed by atoms with Gasteiger partial charge < -0.3 is 4.42 Å². The van der Waals surface area contributed by atoms with Gasteiger partial charge in [0.25, 0.3) is 0 Å². The Morgan fingerprint density at radius 3 is 2.63 bits per heavy atom. The minimum Gasteiger partial charge on any atom is -0.456 e. The van der Waals surface area contributed by atoms with Gasteiger partial charge in [0.1, 0.15) is 18.2 Å². The lowest BCUT2D eigenvalue weighted by molar-refractivity contribution is -0.660. The fourth-order valence-corrected chi connectivity index (χ4v) is 3.60. The summed E-state index contributed by atoms with van der Waals surface area (Å²) in [6, 6.07) is 13.5. The molecule has 0 fully saturated rings. The second-order valence-corrected chi connectivity index (χ2v) is 7.24. The molecule has 2 aromatic carbocycles. The van der Waals surface area contributed by atoms with Gasteiger partial charge >= 0.3 is 0 Å². The molecule has 0 N–H and O–H groups in total. The van der Waals surface area contributed by atoms with Gasteiger partial charge in [-0.3, -0.25) is 0 Å². The molecule has 0 aliphatic carbocycles. The maximum absolute atomic E-state index is 8.39. The maximum Gasteiger partial charge on any atom is 0.216 e. The molecule has 0 radical (unpaired) electrons. The van der Waals surface area contributed by atoms with E-state index in [1.54, 1.807) is 6.07 Å². The Labute approximate surface area is 162 Å². The molecule has 2 aromatic heterocycles. The van der Waals surface area contributed by atoms with Crippen molar-refractivity contribution in [2.75, 3.05) is 0 Å². The summed E-state index contributed by atoms with van der Waals surface area (Å²) in [5.41, 5.74) is 5.74. The van der Waals surface area contributed by atoms with E-state index in [9.17, 15) is 0 Å². The van der Waals surface area contributed by atoms with Crippen LogP contribution in [0.3, 0.4) is 0 Å². The standard InChI is InChI=1S/C24H23N2O/c1-15(2)12-17-7-11-21(26(5)14-17)23-16(3)6-9-20-19-10-8-18(25-4)13-22(19)27-24(20)23/h6-11,13-15H,12H2,1-3,5H3/q+1/i12D2. The smallest absolute Gasteiger partial charge is 0.216 e. The van der Waals surface area contributed by atoms with E-state index in [0.717, 1.165) is 33.2 Å². The molecule has 3 heteroatoms. The first-order valence-electron chi connectivity index (χ1n) is 10.1. The largest absolute Gasteiger partial charge is 0.456 e. The van der Waals surface area contributed by atoms with Gasteiger partial charge in [-0.25, -0.2) is 9.41 Å². The van der Waals surface area contributed by atoms with Gasteiger partial charge in [-0.2, -0.15) is 0 Å². The van der Waals surface area contributed by atoms with Gasteiger partial charge in [0, 0.05) is 25.1 Å². The van der Waals surface area contributed by atoms with Crippen LogP contribution in [0.15, 0.2) is 53.1 Å². The Balaban J connectivity index is 1.96. The van der Waals surface area contributed by atoms with E-state index in [1.807, 2.05) is 62.8 Å². The summed E-state index contributed by atoms with van der Waals surface area (Å²) < 4.78 is 25.0. The third-order valence-corrected chi connectivity index (χ3v) is 4.81. The van der Waals surface area contributed by atoms with Crippen LogP contribution in [0.4, 0.5) is 5.69 Å². The number of aryl methyl sites for hydroxylation is 2. The zero-order valence-corrected chi connectivity index (χ0v) is 16.0. The first kappa shape index (κ1) is 15.0. The first-order valence-corrected chi connectivity index (χ1v) is 9.08. The second kappa shape index (κ2) is 6.55. The maximum atomic E-state index is 8.39. The number of fused-ring (bicyclic) bond motifs is 3. The number of furan rings is 1. The Hall–Kier alpha value is -3.12. The average molecular weight is 357 g/mol. The topological polar surface area (TPSA) is 21.4 Å². The molecule has 0 amide bonds. The molecule has 0 saturated heterocycles. The molecular weight excluding hydrogens is 332 g/mol. The van der Waals surface area contributed by atoms with Crippen LogP contribution in [0, 0.1) is 19.4 Å². The van der Waals surface area contributed by atoms with Crippen molar-refractivity contribution in [1.82, 2.24) is 0 Å². The van der Waals surface area contributed by atoms with Crippen molar-refractivity contribution < 1.29 is 11.7 Å². The summed E-state index contributed by atoms with van der Waals surface area (Å²) >= 11 is 0. The molecule has 0 atom stereocenters. The van der Waals surface area contributed by atoms with Crippen LogP contribution in [0.2, 0.25) is 0 Å². The number of nitrogens with zero attached hydrogens (tertiary/aromatic N) is 2.